The Bertz CT molecular complexity index is 1140. The molecule has 0 spiro atoms. The average molecular weight is 527 g/mol. The number of ether oxygens (including phenoxy) is 3. The molecule has 0 fully saturated rings. The van der Waals surface area contributed by atoms with E-state index in [9.17, 15) is 14.7 Å². The third-order valence-corrected chi connectivity index (χ3v) is 5.86. The lowest BCUT2D eigenvalue weighted by Gasteiger charge is -2.23. The zero-order chi connectivity index (χ0) is 28.4. The molecule has 8 nitrogen and oxygen atoms in total. The van der Waals surface area contributed by atoms with E-state index in [1.54, 1.807) is 12.1 Å². The number of aromatic hydroxyl groups is 1. The second-order valence-corrected chi connectivity index (χ2v) is 9.32. The molecule has 2 aromatic rings. The largest absolute Gasteiger partial charge is 0.504 e. The second kappa shape index (κ2) is 14.3. The molecule has 2 N–H and O–H groups in total. The van der Waals surface area contributed by atoms with Gasteiger partial charge >= 0.3 is 5.97 Å². The Morgan fingerprint density at radius 2 is 1.53 bits per heavy atom. The van der Waals surface area contributed by atoms with E-state index in [-0.39, 0.29) is 17.6 Å². The molecule has 0 aliphatic carbocycles. The Morgan fingerprint density at radius 3 is 2.08 bits per heavy atom. The van der Waals surface area contributed by atoms with Crippen molar-refractivity contribution >= 4 is 23.3 Å². The lowest BCUT2D eigenvalue weighted by atomic mass is 10.0. The van der Waals surface area contributed by atoms with Crippen LogP contribution in [-0.4, -0.2) is 43.3 Å². The number of phenolic OH excluding ortho intramolecular Hbond substituents is 1. The zero-order valence-corrected chi connectivity index (χ0v) is 23.9. The van der Waals surface area contributed by atoms with Gasteiger partial charge in [0.25, 0.3) is 5.91 Å². The summed E-state index contributed by atoms with van der Waals surface area (Å²) in [6.07, 6.45) is 2.31. The van der Waals surface area contributed by atoms with E-state index in [2.05, 4.69) is 5.32 Å². The smallest absolute Gasteiger partial charge is 0.336 e. The van der Waals surface area contributed by atoms with Crippen molar-refractivity contribution in [2.45, 2.75) is 67.2 Å². The van der Waals surface area contributed by atoms with Crippen LogP contribution in [0.5, 0.6) is 23.0 Å². The first-order valence-electron chi connectivity index (χ1n) is 13.3. The number of amides is 1. The van der Waals surface area contributed by atoms with Crippen molar-refractivity contribution in [2.24, 2.45) is 0 Å². The number of hydrogen-bond donors (Lipinski definition) is 2. The number of hydrogen-bond acceptors (Lipinski definition) is 7. The van der Waals surface area contributed by atoms with E-state index in [1.807, 2.05) is 67.5 Å². The molecule has 38 heavy (non-hydrogen) atoms. The molecule has 0 atom stereocenters. The van der Waals surface area contributed by atoms with Gasteiger partial charge in [0.2, 0.25) is 0 Å². The Morgan fingerprint density at radius 1 is 0.895 bits per heavy atom. The number of nitrogens with zero attached hydrogens (tertiary/aromatic N) is 1. The highest BCUT2D eigenvalue weighted by Gasteiger charge is 2.21. The standard InChI is InChI=1S/C30H42N2O6/c1-9-31-21-15-24(20(7)8)30(26(16-21)37-12-4)38-28(34)14-13-27(33)32(10-2)22-17-23(19(5)6)29(35)25(18-22)36-11-3/h13-20,31,35H,9-12H2,1-8H3/b14-13-. The first kappa shape index (κ1) is 30.5. The summed E-state index contributed by atoms with van der Waals surface area (Å²) in [5.41, 5.74) is 2.94. The third kappa shape index (κ3) is 7.66. The molecule has 1 amide bonds. The van der Waals surface area contributed by atoms with Gasteiger partial charge in [-0.3, -0.25) is 4.79 Å². The topological polar surface area (TPSA) is 97.3 Å². The van der Waals surface area contributed by atoms with Gasteiger partial charge in [0.05, 0.1) is 13.2 Å². The SMILES string of the molecule is CCNc1cc(OCC)c(OC(=O)/C=C\C(=O)N(CC)c2cc(OCC)c(O)c(C(C)C)c2)c(C(C)C)c1. The molecule has 0 saturated heterocycles. The fourth-order valence-electron chi connectivity index (χ4n) is 4.04. The van der Waals surface area contributed by atoms with Crippen LogP contribution in [0, 0.1) is 0 Å². The number of benzene rings is 2. The number of esters is 1. The minimum Gasteiger partial charge on any atom is -0.504 e. The van der Waals surface area contributed by atoms with E-state index in [1.165, 1.54) is 11.0 Å². The Kier molecular flexibility index (Phi) is 11.5. The minimum atomic E-state index is -0.683. The van der Waals surface area contributed by atoms with Gasteiger partial charge in [-0.2, -0.15) is 0 Å². The zero-order valence-electron chi connectivity index (χ0n) is 23.9. The minimum absolute atomic E-state index is 0.0158. The maximum Gasteiger partial charge on any atom is 0.336 e. The highest BCUT2D eigenvalue weighted by Crippen LogP contribution is 2.40. The molecule has 0 unspecified atom stereocenters. The van der Waals surface area contributed by atoms with Crippen LogP contribution >= 0.6 is 0 Å². The number of carbonyl (C=O) groups excluding carboxylic acids is 2. The molecule has 2 rings (SSSR count). The van der Waals surface area contributed by atoms with Gasteiger partial charge in [-0.15, -0.1) is 0 Å². The van der Waals surface area contributed by atoms with Crippen LogP contribution in [0.25, 0.3) is 0 Å². The maximum atomic E-state index is 13.1. The summed E-state index contributed by atoms with van der Waals surface area (Å²) < 4.78 is 17.1. The number of nitrogens with one attached hydrogen (secondary N) is 1. The lowest BCUT2D eigenvalue weighted by Crippen LogP contribution is -2.29. The second-order valence-electron chi connectivity index (χ2n) is 9.32. The molecule has 0 aliphatic rings. The quantitative estimate of drug-likeness (QED) is 0.177. The van der Waals surface area contributed by atoms with Gasteiger partial charge in [0.15, 0.2) is 23.0 Å². The Balaban J connectivity index is 2.34. The highest BCUT2D eigenvalue weighted by atomic mass is 16.6. The Labute approximate surface area is 226 Å². The molecular formula is C30H42N2O6. The first-order chi connectivity index (χ1) is 18.1. The van der Waals surface area contributed by atoms with Gasteiger partial charge in [-0.25, -0.2) is 4.79 Å². The molecule has 208 valence electrons. The fraction of sp³-hybridized carbons (Fsp3) is 0.467. The van der Waals surface area contributed by atoms with Crippen molar-refractivity contribution in [3.05, 3.63) is 47.5 Å². The van der Waals surface area contributed by atoms with Crippen LogP contribution in [-0.2, 0) is 9.59 Å². The van der Waals surface area contributed by atoms with Crippen LogP contribution in [0.4, 0.5) is 11.4 Å². The normalized spacial score (nSPS) is 11.2. The van der Waals surface area contributed by atoms with Gasteiger partial charge in [0, 0.05) is 59.9 Å². The number of anilines is 2. The number of carbonyl (C=O) groups is 2. The monoisotopic (exact) mass is 526 g/mol. The molecule has 0 aromatic heterocycles. The van der Waals surface area contributed by atoms with Gasteiger partial charge in [-0.05, 0) is 51.7 Å². The summed E-state index contributed by atoms with van der Waals surface area (Å²) in [5, 5.41) is 13.8. The summed E-state index contributed by atoms with van der Waals surface area (Å²) in [6, 6.07) is 7.15. The fourth-order valence-corrected chi connectivity index (χ4v) is 4.04. The van der Waals surface area contributed by atoms with Crippen molar-refractivity contribution in [3.8, 4) is 23.0 Å². The molecule has 2 aromatic carbocycles. The predicted molar refractivity (Wildman–Crippen MR) is 152 cm³/mol. The first-order valence-corrected chi connectivity index (χ1v) is 13.3. The van der Waals surface area contributed by atoms with Gasteiger partial charge in [0.1, 0.15) is 0 Å². The van der Waals surface area contributed by atoms with Crippen LogP contribution in [0.15, 0.2) is 36.4 Å². The lowest BCUT2D eigenvalue weighted by molar-refractivity contribution is -0.129. The third-order valence-electron chi connectivity index (χ3n) is 5.86. The van der Waals surface area contributed by atoms with Crippen molar-refractivity contribution in [3.63, 3.8) is 0 Å². The summed E-state index contributed by atoms with van der Waals surface area (Å²) in [5.74, 6) is 0.198. The van der Waals surface area contributed by atoms with Crippen molar-refractivity contribution in [2.75, 3.05) is 36.5 Å². The van der Waals surface area contributed by atoms with Gasteiger partial charge in [-0.1, -0.05) is 27.7 Å². The molecule has 0 bridgehead atoms. The number of rotatable bonds is 13. The molecular weight excluding hydrogens is 484 g/mol. The van der Waals surface area contributed by atoms with Gasteiger partial charge < -0.3 is 29.5 Å². The average Bonchev–Trinajstić information content (AvgIpc) is 2.86. The van der Waals surface area contributed by atoms with Crippen molar-refractivity contribution in [1.82, 2.24) is 0 Å². The number of phenols is 1. The number of likely N-dealkylation sites (N-methyl/N-ethyl adjacent to an activating group) is 1. The van der Waals surface area contributed by atoms with E-state index >= 15 is 0 Å². The van der Waals surface area contributed by atoms with E-state index in [0.29, 0.717) is 48.3 Å². The Hall–Kier alpha value is -3.68. The highest BCUT2D eigenvalue weighted by molar-refractivity contribution is 6.04. The van der Waals surface area contributed by atoms with Crippen LogP contribution in [0.2, 0.25) is 0 Å². The summed E-state index contributed by atoms with van der Waals surface area (Å²) in [7, 11) is 0. The van der Waals surface area contributed by atoms with Crippen LogP contribution in [0.3, 0.4) is 0 Å². The maximum absolute atomic E-state index is 13.1. The van der Waals surface area contributed by atoms with E-state index < -0.39 is 11.9 Å². The van der Waals surface area contributed by atoms with Crippen LogP contribution < -0.4 is 24.4 Å². The summed E-state index contributed by atoms with van der Waals surface area (Å²) in [4.78, 5) is 27.5. The molecule has 8 heteroatoms. The molecule has 0 heterocycles. The molecule has 0 radical (unpaired) electrons. The van der Waals surface area contributed by atoms with E-state index in [0.717, 1.165) is 23.9 Å². The van der Waals surface area contributed by atoms with Crippen LogP contribution in [0.1, 0.15) is 78.4 Å². The molecule has 0 saturated carbocycles. The summed E-state index contributed by atoms with van der Waals surface area (Å²) >= 11 is 0. The van der Waals surface area contributed by atoms with E-state index in [4.69, 9.17) is 14.2 Å². The summed E-state index contributed by atoms with van der Waals surface area (Å²) in [6.45, 7) is 17.3. The van der Waals surface area contributed by atoms with Crippen molar-refractivity contribution < 1.29 is 28.9 Å². The predicted octanol–water partition coefficient (Wildman–Crippen LogP) is 6.38. The van der Waals surface area contributed by atoms with Crippen molar-refractivity contribution in [1.29, 1.82) is 0 Å². The molecule has 0 aliphatic heterocycles.